The molecule has 78 heavy (non-hydrogen) atoms. The van der Waals surface area contributed by atoms with Gasteiger partial charge in [0.15, 0.2) is 11.6 Å². The molecule has 0 aliphatic heterocycles. The molecule has 0 N–H and O–H groups in total. The fraction of sp³-hybridized carbons (Fsp3) is 0.0909. The smallest absolute Gasteiger partial charge is 0.178 e. The minimum atomic E-state index is 0.681. The zero-order valence-electron chi connectivity index (χ0n) is 44.6. The molecule has 0 spiro atoms. The number of aromatic nitrogens is 12. The van der Waals surface area contributed by atoms with E-state index in [2.05, 4.69) is 90.1 Å². The quantitative estimate of drug-likeness (QED) is 0.156. The number of aryl methyl sites for hydroxylation is 6. The highest BCUT2D eigenvalue weighted by molar-refractivity contribution is 5.64. The van der Waals surface area contributed by atoms with Crippen molar-refractivity contribution in [3.05, 3.63) is 291 Å². The van der Waals surface area contributed by atoms with Gasteiger partial charge in [0.2, 0.25) is 0 Å². The molecule has 0 aliphatic carbocycles. The standard InChI is InChI=1S/C12H11N.4C11H10N2.C10H9N3/c1-10-9-12(7-8-13-10)11-5-3-2-4-6-11;1-9-8-11(4-7-13-9)10-2-5-12-6-3-10;1-9-7-10(4-6-13-9)11-3-2-5-12-8-11;1-9-8-10(5-7-12-9)11-4-2-3-6-13-11;1-9-7-8-12-11(13-9)10-5-3-2-4-6-10;1-8-5-7-12-10(13-8)9-4-2-3-6-11-9/h2-9H,1H3;4*2-8H,1H3;2-7H,1H3. The Morgan fingerprint density at radius 3 is 1.09 bits per heavy atom. The Hall–Kier alpha value is -10.2. The van der Waals surface area contributed by atoms with Crippen LogP contribution in [0.5, 0.6) is 0 Å². The zero-order chi connectivity index (χ0) is 54.6. The summed E-state index contributed by atoms with van der Waals surface area (Å²) in [6.07, 6.45) is 21.6. The molecule has 0 bridgehead atoms. The van der Waals surface area contributed by atoms with Crippen molar-refractivity contribution in [3.63, 3.8) is 0 Å². The van der Waals surface area contributed by atoms with Gasteiger partial charge in [0.05, 0.1) is 5.69 Å². The SMILES string of the molecule is Cc1cc(-c2ccccc2)ccn1.Cc1cc(-c2ccccn2)ccn1.Cc1cc(-c2cccnc2)ccn1.Cc1cc(-c2ccncc2)ccn1.Cc1ccnc(-c2ccccc2)n1.Cc1ccnc(-c2ccccn2)n1. The van der Waals surface area contributed by atoms with Crippen LogP contribution in [0.4, 0.5) is 0 Å². The highest BCUT2D eigenvalue weighted by Gasteiger charge is 2.02. The lowest BCUT2D eigenvalue weighted by atomic mass is 10.1. The van der Waals surface area contributed by atoms with Crippen molar-refractivity contribution in [1.82, 2.24) is 59.8 Å². The normalized spacial score (nSPS) is 9.92. The fourth-order valence-corrected chi connectivity index (χ4v) is 7.36. The third kappa shape index (κ3) is 18.6. The van der Waals surface area contributed by atoms with Crippen molar-refractivity contribution >= 4 is 0 Å². The van der Waals surface area contributed by atoms with Crippen molar-refractivity contribution in [2.75, 3.05) is 0 Å². The third-order valence-corrected chi connectivity index (χ3v) is 11.2. The Morgan fingerprint density at radius 2 is 0.615 bits per heavy atom. The molecule has 0 aliphatic rings. The molecule has 384 valence electrons. The van der Waals surface area contributed by atoms with E-state index in [1.807, 2.05) is 218 Å². The minimum Gasteiger partial charge on any atom is -0.265 e. The average Bonchev–Trinajstić information content (AvgIpc) is 3.49. The monoisotopic (exact) mass is 1020 g/mol. The molecule has 12 nitrogen and oxygen atoms in total. The Labute approximate surface area is 457 Å². The Balaban J connectivity index is 0.000000136. The Kier molecular flexibility index (Phi) is 21.5. The van der Waals surface area contributed by atoms with Crippen LogP contribution >= 0.6 is 0 Å². The van der Waals surface area contributed by atoms with E-state index in [0.29, 0.717) is 5.82 Å². The van der Waals surface area contributed by atoms with Gasteiger partial charge >= 0.3 is 0 Å². The van der Waals surface area contributed by atoms with E-state index in [4.69, 9.17) is 0 Å². The maximum Gasteiger partial charge on any atom is 0.178 e. The van der Waals surface area contributed by atoms with Crippen LogP contribution in [-0.2, 0) is 0 Å². The Bertz CT molecular complexity index is 3000. The van der Waals surface area contributed by atoms with Crippen LogP contribution in [0.15, 0.2) is 256 Å². The molecule has 12 rings (SSSR count). The number of pyridine rings is 8. The van der Waals surface area contributed by atoms with E-state index in [-0.39, 0.29) is 0 Å². The van der Waals surface area contributed by atoms with Crippen molar-refractivity contribution in [2.45, 2.75) is 41.5 Å². The molecule has 0 unspecified atom stereocenters. The summed E-state index contributed by atoms with van der Waals surface area (Å²) in [6, 6.07) is 59.9. The van der Waals surface area contributed by atoms with Crippen LogP contribution in [-0.4, -0.2) is 59.8 Å². The number of rotatable bonds is 6. The molecule has 0 saturated heterocycles. The first-order chi connectivity index (χ1) is 38.2. The van der Waals surface area contributed by atoms with E-state index >= 15 is 0 Å². The first kappa shape index (κ1) is 55.5. The van der Waals surface area contributed by atoms with Gasteiger partial charge in [-0.15, -0.1) is 0 Å². The maximum absolute atomic E-state index is 4.33. The Morgan fingerprint density at radius 1 is 0.218 bits per heavy atom. The third-order valence-electron chi connectivity index (χ3n) is 11.2. The zero-order valence-corrected chi connectivity index (χ0v) is 44.6. The van der Waals surface area contributed by atoms with Crippen LogP contribution in [0, 0.1) is 41.5 Å². The molecule has 0 atom stereocenters. The molecular formula is C66H60N12. The first-order valence-corrected chi connectivity index (χ1v) is 25.2. The highest BCUT2D eigenvalue weighted by Crippen LogP contribution is 2.21. The molecular weight excluding hydrogens is 961 g/mol. The van der Waals surface area contributed by atoms with E-state index in [1.165, 1.54) is 27.8 Å². The lowest BCUT2D eigenvalue weighted by Gasteiger charge is -2.00. The van der Waals surface area contributed by atoms with Crippen molar-refractivity contribution < 1.29 is 0 Å². The molecule has 2 aromatic carbocycles. The van der Waals surface area contributed by atoms with E-state index in [9.17, 15) is 0 Å². The summed E-state index contributed by atoms with van der Waals surface area (Å²) in [5.41, 5.74) is 17.2. The molecule has 0 saturated carbocycles. The van der Waals surface area contributed by atoms with Crippen molar-refractivity contribution in [2.24, 2.45) is 0 Å². The highest BCUT2D eigenvalue weighted by atomic mass is 14.9. The lowest BCUT2D eigenvalue weighted by molar-refractivity contribution is 1.09. The van der Waals surface area contributed by atoms with Gasteiger partial charge in [0.1, 0.15) is 5.69 Å². The molecule has 10 aromatic heterocycles. The molecule has 0 fully saturated rings. The largest absolute Gasteiger partial charge is 0.265 e. The van der Waals surface area contributed by atoms with Crippen LogP contribution in [0.2, 0.25) is 0 Å². The summed E-state index contributed by atoms with van der Waals surface area (Å²) in [4.78, 5) is 50.0. The van der Waals surface area contributed by atoms with Gasteiger partial charge < -0.3 is 0 Å². The molecule has 12 aromatic rings. The minimum absolute atomic E-state index is 0.681. The summed E-state index contributed by atoms with van der Waals surface area (Å²) in [5.74, 6) is 1.47. The number of hydrogen-bond donors (Lipinski definition) is 0. The summed E-state index contributed by atoms with van der Waals surface area (Å²) in [5, 5.41) is 0. The molecule has 10 heterocycles. The van der Waals surface area contributed by atoms with Gasteiger partial charge in [-0.1, -0.05) is 78.9 Å². The van der Waals surface area contributed by atoms with Gasteiger partial charge in [-0.2, -0.15) is 0 Å². The first-order valence-electron chi connectivity index (χ1n) is 25.2. The maximum atomic E-state index is 4.33. The number of hydrogen-bond acceptors (Lipinski definition) is 12. The van der Waals surface area contributed by atoms with Crippen LogP contribution in [0.1, 0.15) is 34.2 Å². The van der Waals surface area contributed by atoms with Gasteiger partial charge in [0, 0.05) is 125 Å². The topological polar surface area (TPSA) is 155 Å². The van der Waals surface area contributed by atoms with Crippen molar-refractivity contribution in [3.8, 4) is 67.5 Å². The van der Waals surface area contributed by atoms with Gasteiger partial charge in [-0.25, -0.2) is 19.9 Å². The summed E-state index contributed by atoms with van der Waals surface area (Å²) >= 11 is 0. The molecule has 0 radical (unpaired) electrons. The summed E-state index contributed by atoms with van der Waals surface area (Å²) in [7, 11) is 0. The lowest BCUT2D eigenvalue weighted by Crippen LogP contribution is -1.91. The second-order valence-corrected chi connectivity index (χ2v) is 17.4. The number of nitrogens with zero attached hydrogens (tertiary/aromatic N) is 12. The second kappa shape index (κ2) is 30.2. The van der Waals surface area contributed by atoms with Crippen molar-refractivity contribution in [1.29, 1.82) is 0 Å². The van der Waals surface area contributed by atoms with Crippen LogP contribution in [0.3, 0.4) is 0 Å². The fourth-order valence-electron chi connectivity index (χ4n) is 7.36. The van der Waals surface area contributed by atoms with Crippen LogP contribution in [0.25, 0.3) is 67.5 Å². The van der Waals surface area contributed by atoms with Crippen LogP contribution < -0.4 is 0 Å². The van der Waals surface area contributed by atoms with Gasteiger partial charge in [-0.3, -0.25) is 39.9 Å². The van der Waals surface area contributed by atoms with E-state index in [1.54, 1.807) is 49.6 Å². The molecule has 12 heteroatoms. The second-order valence-electron chi connectivity index (χ2n) is 17.4. The van der Waals surface area contributed by atoms with Gasteiger partial charge in [0.25, 0.3) is 0 Å². The van der Waals surface area contributed by atoms with E-state index in [0.717, 1.165) is 68.1 Å². The average molecular weight is 1020 g/mol. The summed E-state index contributed by atoms with van der Waals surface area (Å²) in [6.45, 7) is 11.9. The van der Waals surface area contributed by atoms with Gasteiger partial charge in [-0.05, 0) is 172 Å². The number of benzene rings is 2. The predicted octanol–water partition coefficient (Wildman–Crippen LogP) is 14.7. The summed E-state index contributed by atoms with van der Waals surface area (Å²) < 4.78 is 0. The molecule has 0 amide bonds. The van der Waals surface area contributed by atoms with E-state index < -0.39 is 0 Å². The predicted molar refractivity (Wildman–Crippen MR) is 313 cm³/mol.